The maximum absolute atomic E-state index is 11.1. The predicted molar refractivity (Wildman–Crippen MR) is 63.5 cm³/mol. The summed E-state index contributed by atoms with van der Waals surface area (Å²) in [5.74, 6) is -2.85. The second-order valence-electron chi connectivity index (χ2n) is 3.37. The summed E-state index contributed by atoms with van der Waals surface area (Å²) < 4.78 is 0. The summed E-state index contributed by atoms with van der Waals surface area (Å²) in [7, 11) is 0. The Morgan fingerprint density at radius 3 is 1.76 bits per heavy atom. The van der Waals surface area contributed by atoms with Crippen LogP contribution in [0.15, 0.2) is 43.5 Å². The average molecular weight is 232 g/mol. The van der Waals surface area contributed by atoms with E-state index in [2.05, 4.69) is 13.2 Å². The van der Waals surface area contributed by atoms with Crippen LogP contribution in [0.5, 0.6) is 0 Å². The fourth-order valence-electron chi connectivity index (χ4n) is 1.63. The first-order valence-electron chi connectivity index (χ1n) is 4.87. The molecule has 1 rings (SSSR count). The highest BCUT2D eigenvalue weighted by Crippen LogP contribution is 2.26. The Balaban J connectivity index is 3.59. The summed E-state index contributed by atoms with van der Waals surface area (Å²) in [6.45, 7) is 7.10. The minimum absolute atomic E-state index is 0.0466. The van der Waals surface area contributed by atoms with Crippen LogP contribution in [0.4, 0.5) is 0 Å². The molecule has 0 fully saturated rings. The lowest BCUT2D eigenvalue weighted by Crippen LogP contribution is -2.11. The van der Waals surface area contributed by atoms with Crippen LogP contribution >= 0.6 is 0 Å². The van der Waals surface area contributed by atoms with E-state index < -0.39 is 17.9 Å². The Kier molecular flexibility index (Phi) is 3.82. The van der Waals surface area contributed by atoms with E-state index in [1.165, 1.54) is 30.4 Å². The van der Waals surface area contributed by atoms with Crippen LogP contribution in [0.1, 0.15) is 32.2 Å². The third-order valence-corrected chi connectivity index (χ3v) is 2.41. The van der Waals surface area contributed by atoms with E-state index in [1.807, 2.05) is 0 Å². The summed E-state index contributed by atoms with van der Waals surface area (Å²) >= 11 is 0. The molecule has 0 heterocycles. The average Bonchev–Trinajstić information content (AvgIpc) is 2.30. The van der Waals surface area contributed by atoms with Gasteiger partial charge in [0, 0.05) is 5.92 Å². The lowest BCUT2D eigenvalue weighted by Gasteiger charge is -2.14. The second kappa shape index (κ2) is 5.12. The van der Waals surface area contributed by atoms with Crippen LogP contribution in [0.2, 0.25) is 0 Å². The van der Waals surface area contributed by atoms with Crippen molar-refractivity contribution in [2.75, 3.05) is 0 Å². The smallest absolute Gasteiger partial charge is 0.336 e. The minimum Gasteiger partial charge on any atom is -0.478 e. The topological polar surface area (TPSA) is 74.6 Å². The number of hydrogen-bond acceptors (Lipinski definition) is 2. The lowest BCUT2D eigenvalue weighted by molar-refractivity contribution is 0.0695. The van der Waals surface area contributed by atoms with E-state index in [0.717, 1.165) is 0 Å². The van der Waals surface area contributed by atoms with Crippen LogP contribution in [0.25, 0.3) is 0 Å². The summed E-state index contributed by atoms with van der Waals surface area (Å²) in [6, 6.07) is 4.13. The van der Waals surface area contributed by atoms with E-state index in [0.29, 0.717) is 0 Å². The molecule has 17 heavy (non-hydrogen) atoms. The van der Waals surface area contributed by atoms with Crippen molar-refractivity contribution in [2.45, 2.75) is 5.92 Å². The zero-order chi connectivity index (χ0) is 13.0. The van der Waals surface area contributed by atoms with Crippen molar-refractivity contribution >= 4 is 11.9 Å². The largest absolute Gasteiger partial charge is 0.478 e. The molecule has 0 atom stereocenters. The number of carbonyl (C=O) groups is 2. The summed E-state index contributed by atoms with van der Waals surface area (Å²) in [6.07, 6.45) is 2.92. The zero-order valence-corrected chi connectivity index (χ0v) is 9.09. The van der Waals surface area contributed by atoms with E-state index in [9.17, 15) is 9.59 Å². The van der Waals surface area contributed by atoms with Gasteiger partial charge >= 0.3 is 11.9 Å². The van der Waals surface area contributed by atoms with Crippen molar-refractivity contribution in [3.8, 4) is 0 Å². The monoisotopic (exact) mass is 232 g/mol. The fourth-order valence-corrected chi connectivity index (χ4v) is 1.63. The fraction of sp³-hybridized carbons (Fsp3) is 0.0769. The minimum atomic E-state index is -1.17. The Morgan fingerprint density at radius 1 is 1.06 bits per heavy atom. The van der Waals surface area contributed by atoms with Gasteiger partial charge in [-0.1, -0.05) is 18.2 Å². The zero-order valence-electron chi connectivity index (χ0n) is 9.09. The second-order valence-corrected chi connectivity index (χ2v) is 3.37. The molecule has 1 aromatic rings. The van der Waals surface area contributed by atoms with Gasteiger partial charge in [-0.2, -0.15) is 0 Å². The molecule has 0 spiro atoms. The molecule has 0 bridgehead atoms. The molecule has 1 aromatic carbocycles. The van der Waals surface area contributed by atoms with E-state index in [-0.39, 0.29) is 16.7 Å². The van der Waals surface area contributed by atoms with Crippen molar-refractivity contribution in [3.05, 3.63) is 60.2 Å². The highest BCUT2D eigenvalue weighted by Gasteiger charge is 2.21. The van der Waals surface area contributed by atoms with E-state index in [1.54, 1.807) is 0 Å². The molecule has 88 valence electrons. The summed E-state index contributed by atoms with van der Waals surface area (Å²) in [4.78, 5) is 22.1. The first-order chi connectivity index (χ1) is 8.02. The molecule has 0 aliphatic heterocycles. The van der Waals surface area contributed by atoms with Crippen LogP contribution in [-0.2, 0) is 0 Å². The Bertz CT molecular complexity index is 448. The van der Waals surface area contributed by atoms with Crippen molar-refractivity contribution in [1.29, 1.82) is 0 Å². The Labute approximate surface area is 98.5 Å². The van der Waals surface area contributed by atoms with Gasteiger partial charge in [0.1, 0.15) is 0 Å². The molecule has 0 aliphatic carbocycles. The molecular weight excluding hydrogens is 220 g/mol. The lowest BCUT2D eigenvalue weighted by atomic mass is 9.89. The maximum Gasteiger partial charge on any atom is 0.336 e. The molecule has 2 N–H and O–H groups in total. The molecule has 4 nitrogen and oxygen atoms in total. The van der Waals surface area contributed by atoms with E-state index >= 15 is 0 Å². The molecule has 0 amide bonds. The van der Waals surface area contributed by atoms with Crippen molar-refractivity contribution < 1.29 is 19.8 Å². The summed E-state index contributed by atoms with van der Waals surface area (Å²) in [5, 5.41) is 18.1. The van der Waals surface area contributed by atoms with Crippen molar-refractivity contribution in [2.24, 2.45) is 0 Å². The van der Waals surface area contributed by atoms with Gasteiger partial charge in [-0.25, -0.2) is 9.59 Å². The van der Waals surface area contributed by atoms with E-state index in [4.69, 9.17) is 10.2 Å². The standard InChI is InChI=1S/C13H12O4/c1-3-8(4-2)11-9(12(14)15)6-5-7-10(11)13(16)17/h3-8H,1-2H2,(H,14,15)(H,16,17). The quantitative estimate of drug-likeness (QED) is 0.765. The Hall–Kier alpha value is -2.36. The molecule has 0 aromatic heterocycles. The van der Waals surface area contributed by atoms with Crippen molar-refractivity contribution in [1.82, 2.24) is 0 Å². The molecule has 0 saturated heterocycles. The number of hydrogen-bond donors (Lipinski definition) is 2. The van der Waals surface area contributed by atoms with Gasteiger partial charge in [0.05, 0.1) is 11.1 Å². The van der Waals surface area contributed by atoms with Gasteiger partial charge in [-0.15, -0.1) is 13.2 Å². The molecule has 0 unspecified atom stereocenters. The normalized spacial score (nSPS) is 9.94. The van der Waals surface area contributed by atoms with Crippen LogP contribution in [-0.4, -0.2) is 22.2 Å². The first kappa shape index (κ1) is 12.7. The van der Waals surface area contributed by atoms with Gasteiger partial charge in [0.2, 0.25) is 0 Å². The predicted octanol–water partition coefficient (Wildman–Crippen LogP) is 2.54. The number of aromatic carboxylic acids is 2. The van der Waals surface area contributed by atoms with Crippen LogP contribution < -0.4 is 0 Å². The number of allylic oxidation sites excluding steroid dienone is 2. The maximum atomic E-state index is 11.1. The van der Waals surface area contributed by atoms with Crippen LogP contribution in [0.3, 0.4) is 0 Å². The molecule has 4 heteroatoms. The number of rotatable bonds is 5. The number of carboxylic acids is 2. The molecule has 0 aliphatic rings. The molecule has 0 radical (unpaired) electrons. The molecule has 0 saturated carbocycles. The molecular formula is C13H12O4. The third kappa shape index (κ3) is 2.42. The SMILES string of the molecule is C=CC(C=C)c1c(C(=O)O)cccc1C(=O)O. The van der Waals surface area contributed by atoms with Crippen LogP contribution in [0, 0.1) is 0 Å². The number of benzene rings is 1. The van der Waals surface area contributed by atoms with Gasteiger partial charge in [-0.3, -0.25) is 0 Å². The van der Waals surface area contributed by atoms with Gasteiger partial charge < -0.3 is 10.2 Å². The Morgan fingerprint density at radius 2 is 1.47 bits per heavy atom. The van der Waals surface area contributed by atoms with Gasteiger partial charge in [0.25, 0.3) is 0 Å². The highest BCUT2D eigenvalue weighted by atomic mass is 16.4. The first-order valence-corrected chi connectivity index (χ1v) is 4.87. The highest BCUT2D eigenvalue weighted by molar-refractivity contribution is 5.97. The summed E-state index contributed by atoms with van der Waals surface area (Å²) in [5.41, 5.74) is 0.113. The van der Waals surface area contributed by atoms with Gasteiger partial charge in [-0.05, 0) is 17.7 Å². The third-order valence-electron chi connectivity index (χ3n) is 2.41. The van der Waals surface area contributed by atoms with Crippen molar-refractivity contribution in [3.63, 3.8) is 0 Å². The van der Waals surface area contributed by atoms with Gasteiger partial charge in [0.15, 0.2) is 0 Å². The number of carboxylic acid groups (broad SMARTS) is 2.